The summed E-state index contributed by atoms with van der Waals surface area (Å²) in [5, 5.41) is 0. The van der Waals surface area contributed by atoms with Crippen LogP contribution in [0.5, 0.6) is 0 Å². The molecule has 0 nitrogen and oxygen atoms in total. The maximum Gasteiger partial charge on any atom is -0.00535 e. The third-order valence-corrected chi connectivity index (χ3v) is 12.4. The van der Waals surface area contributed by atoms with Gasteiger partial charge in [-0.15, -0.1) is 6.58 Å². The molecule has 0 aromatic carbocycles. The fourth-order valence-electron chi connectivity index (χ4n) is 10.5. The zero-order valence-corrected chi connectivity index (χ0v) is 29.3. The molecule has 0 heterocycles. The van der Waals surface area contributed by atoms with Crippen molar-refractivity contribution in [2.24, 2.45) is 45.3 Å². The summed E-state index contributed by atoms with van der Waals surface area (Å²) in [5.41, 5.74) is 5.47. The van der Waals surface area contributed by atoms with E-state index in [1.165, 1.54) is 82.6 Å². The Morgan fingerprint density at radius 2 is 1.45 bits per heavy atom. The summed E-state index contributed by atoms with van der Waals surface area (Å²) in [4.78, 5) is 0. The van der Waals surface area contributed by atoms with Gasteiger partial charge < -0.3 is 0 Å². The van der Waals surface area contributed by atoms with Gasteiger partial charge in [-0.05, 0) is 110 Å². The predicted molar refractivity (Wildman–Crippen MR) is 190 cm³/mol. The van der Waals surface area contributed by atoms with Crippen molar-refractivity contribution in [3.8, 4) is 0 Å². The van der Waals surface area contributed by atoms with Crippen LogP contribution in [-0.4, -0.2) is 0 Å². The molecule has 0 aliphatic heterocycles. The minimum Gasteiger partial charge on any atom is -0.197 e. The topological polar surface area (TPSA) is 0 Å². The second kappa shape index (κ2) is 16.4. The van der Waals surface area contributed by atoms with Crippen molar-refractivity contribution in [1.82, 2.24) is 0 Å². The maximum atomic E-state index is 4.33. The molecule has 1 heteroatoms. The summed E-state index contributed by atoms with van der Waals surface area (Å²) in [5.74, 6) is 3.97. The second-order valence-electron chi connectivity index (χ2n) is 14.6. The number of hydrogen-bond acceptors (Lipinski definition) is 0. The van der Waals surface area contributed by atoms with Crippen LogP contribution >= 0.6 is 13.5 Å². The molecule has 1 spiro atoms. The smallest absolute Gasteiger partial charge is 0.00535 e. The number of hydrogen-bond donors (Lipinski definition) is 0. The van der Waals surface area contributed by atoms with Crippen molar-refractivity contribution in [1.29, 1.82) is 0 Å². The van der Waals surface area contributed by atoms with Crippen LogP contribution in [0.25, 0.3) is 0 Å². The Kier molecular flexibility index (Phi) is 16.2. The van der Waals surface area contributed by atoms with Crippen molar-refractivity contribution in [2.75, 3.05) is 0 Å². The van der Waals surface area contributed by atoms with Crippen molar-refractivity contribution >= 4 is 13.5 Å². The first-order valence-electron chi connectivity index (χ1n) is 16.9. The number of rotatable bonds is 4. The molecule has 4 saturated carbocycles. The maximum absolute atomic E-state index is 4.33. The zero-order valence-electron chi connectivity index (χ0n) is 28.3. The summed E-state index contributed by atoms with van der Waals surface area (Å²) >= 11 is 0. The molecule has 40 heavy (non-hydrogen) atoms. The summed E-state index contributed by atoms with van der Waals surface area (Å²) in [6, 6.07) is 0. The van der Waals surface area contributed by atoms with Crippen LogP contribution in [0.4, 0.5) is 0 Å². The van der Waals surface area contributed by atoms with E-state index in [-0.39, 0.29) is 20.9 Å². The molecule has 5 aliphatic rings. The summed E-state index contributed by atoms with van der Waals surface area (Å²) in [6.07, 6.45) is 24.0. The second-order valence-corrected chi connectivity index (χ2v) is 14.6. The van der Waals surface area contributed by atoms with Crippen LogP contribution in [0.1, 0.15) is 167 Å². The van der Waals surface area contributed by atoms with Gasteiger partial charge in [0, 0.05) is 0 Å². The van der Waals surface area contributed by atoms with Gasteiger partial charge in [-0.1, -0.05) is 132 Å². The van der Waals surface area contributed by atoms with E-state index in [2.05, 4.69) is 81.5 Å². The summed E-state index contributed by atoms with van der Waals surface area (Å²) in [7, 11) is 0. The number of allylic oxidation sites excluding steroid dienone is 4. The van der Waals surface area contributed by atoms with E-state index in [1.807, 2.05) is 6.92 Å². The first-order chi connectivity index (χ1) is 18.0. The highest BCUT2D eigenvalue weighted by Crippen LogP contribution is 2.82. The van der Waals surface area contributed by atoms with Crippen LogP contribution in [0, 0.1) is 45.3 Å². The largest absolute Gasteiger partial charge is 0.197 e. The van der Waals surface area contributed by atoms with Gasteiger partial charge in [0.05, 0.1) is 0 Å². The average molecular weight is 575 g/mol. The van der Waals surface area contributed by atoms with Gasteiger partial charge in [0.2, 0.25) is 0 Å². The molecule has 5 aliphatic carbocycles. The van der Waals surface area contributed by atoms with Crippen LogP contribution in [0.15, 0.2) is 36.5 Å². The molecule has 4 fully saturated rings. The first-order valence-corrected chi connectivity index (χ1v) is 16.9. The Labute approximate surface area is 261 Å². The SMILES string of the molecule is C.C=C1C=C2CCC3C4CCC5C(C)(CCCCC)C(C)C45CCC3(C)C2(C)CC1.C=CC.CCC.CCC.S. The van der Waals surface area contributed by atoms with Gasteiger partial charge in [-0.3, -0.25) is 0 Å². The van der Waals surface area contributed by atoms with Crippen molar-refractivity contribution < 1.29 is 0 Å². The van der Waals surface area contributed by atoms with Crippen molar-refractivity contribution in [3.63, 3.8) is 0 Å². The lowest BCUT2D eigenvalue weighted by molar-refractivity contribution is -0.246. The van der Waals surface area contributed by atoms with Gasteiger partial charge in [-0.2, -0.15) is 13.5 Å². The Bertz CT molecular complexity index is 806. The van der Waals surface area contributed by atoms with Gasteiger partial charge in [0.1, 0.15) is 0 Å². The lowest BCUT2D eigenvalue weighted by Crippen LogP contribution is -2.67. The third kappa shape index (κ3) is 6.55. The molecule has 0 aromatic rings. The monoisotopic (exact) mass is 575 g/mol. The van der Waals surface area contributed by atoms with E-state index in [0.717, 1.165) is 23.7 Å². The number of fused-ring (bicyclic) bond motifs is 4. The van der Waals surface area contributed by atoms with Gasteiger partial charge in [0.25, 0.3) is 0 Å². The molecule has 5 rings (SSSR count). The zero-order chi connectivity index (χ0) is 28.8. The third-order valence-electron chi connectivity index (χ3n) is 12.4. The molecular weight excluding hydrogens is 500 g/mol. The molecule has 0 saturated heterocycles. The quantitative estimate of drug-likeness (QED) is 0.231. The molecule has 0 N–H and O–H groups in total. The lowest BCUT2D eigenvalue weighted by atomic mass is 9.31. The van der Waals surface area contributed by atoms with Crippen LogP contribution in [0.2, 0.25) is 0 Å². The Balaban J connectivity index is 0.00000123. The van der Waals surface area contributed by atoms with E-state index in [1.54, 1.807) is 24.5 Å². The molecular formula is C39H74S. The highest BCUT2D eigenvalue weighted by molar-refractivity contribution is 7.59. The van der Waals surface area contributed by atoms with Gasteiger partial charge in [-0.25, -0.2) is 0 Å². The minimum absolute atomic E-state index is 0. The molecule has 0 aromatic heterocycles. The van der Waals surface area contributed by atoms with E-state index in [9.17, 15) is 0 Å². The standard InChI is InChI=1S/C29H46.2C3H8.C3H6.CH4.H2S/c1-7-8-9-15-26(4)21(3)29-18-17-28(6)23(24(29)12-13-25(26)29)11-10-22-19-20(2)14-16-27(22,28)5;3*1-3-2;;/h19,21,23-25H,2,7-18H2,1,3-6H3;2*3H2,1-2H3;3H,1H2,2H3;1H4;1H2. The fourth-order valence-corrected chi connectivity index (χ4v) is 10.5. The van der Waals surface area contributed by atoms with E-state index >= 15 is 0 Å². The van der Waals surface area contributed by atoms with E-state index in [4.69, 9.17) is 0 Å². The molecule has 8 atom stereocenters. The van der Waals surface area contributed by atoms with Crippen molar-refractivity contribution in [2.45, 2.75) is 167 Å². The van der Waals surface area contributed by atoms with Crippen LogP contribution in [-0.2, 0) is 0 Å². The molecule has 0 amide bonds. The molecule has 236 valence electrons. The molecule has 0 bridgehead atoms. The highest BCUT2D eigenvalue weighted by Gasteiger charge is 2.75. The Morgan fingerprint density at radius 3 is 2.00 bits per heavy atom. The number of unbranched alkanes of at least 4 members (excludes halogenated alkanes) is 2. The Morgan fingerprint density at radius 1 is 0.875 bits per heavy atom. The fraction of sp³-hybridized carbons (Fsp3) is 0.846. The van der Waals surface area contributed by atoms with Crippen molar-refractivity contribution in [3.05, 3.63) is 36.5 Å². The average Bonchev–Trinajstić information content (AvgIpc) is 3.24. The molecule has 8 unspecified atom stereocenters. The highest BCUT2D eigenvalue weighted by atomic mass is 32.1. The normalized spacial score (nSPS) is 39.9. The van der Waals surface area contributed by atoms with E-state index in [0.29, 0.717) is 21.7 Å². The van der Waals surface area contributed by atoms with Crippen LogP contribution < -0.4 is 0 Å². The summed E-state index contributed by atoms with van der Waals surface area (Å²) < 4.78 is 0. The minimum atomic E-state index is 0. The van der Waals surface area contributed by atoms with Gasteiger partial charge in [0.15, 0.2) is 0 Å². The lowest BCUT2D eigenvalue weighted by Gasteiger charge is -2.73. The predicted octanol–water partition coefficient (Wildman–Crippen LogP) is 13.5. The van der Waals surface area contributed by atoms with E-state index < -0.39 is 0 Å². The molecule has 0 radical (unpaired) electrons. The summed E-state index contributed by atoms with van der Waals surface area (Å²) in [6.45, 7) is 31.2. The van der Waals surface area contributed by atoms with Crippen LogP contribution in [0.3, 0.4) is 0 Å². The Hall–Kier alpha value is -0.430. The first kappa shape index (κ1) is 39.6. The van der Waals surface area contributed by atoms with Gasteiger partial charge >= 0.3 is 0 Å².